The summed E-state index contributed by atoms with van der Waals surface area (Å²) < 4.78 is 27.9. The number of nitrogens with zero attached hydrogens (tertiary/aromatic N) is 2. The molecule has 0 bridgehead atoms. The molecule has 1 fully saturated rings. The van der Waals surface area contributed by atoms with Gasteiger partial charge in [-0.2, -0.15) is 0 Å². The zero-order valence-electron chi connectivity index (χ0n) is 18.2. The van der Waals surface area contributed by atoms with E-state index in [2.05, 4.69) is 4.98 Å². The number of urea groups is 1. The quantitative estimate of drug-likeness (QED) is 0.323. The van der Waals surface area contributed by atoms with Crippen molar-refractivity contribution in [3.63, 3.8) is 0 Å². The number of para-hydroxylation sites is 1. The van der Waals surface area contributed by atoms with Gasteiger partial charge in [0.25, 0.3) is 15.9 Å². The molecule has 11 heteroatoms. The highest BCUT2D eigenvalue weighted by atomic mass is 35.5. The van der Waals surface area contributed by atoms with Crippen LogP contribution >= 0.6 is 23.2 Å². The zero-order valence-corrected chi connectivity index (χ0v) is 20.5. The summed E-state index contributed by atoms with van der Waals surface area (Å²) in [4.78, 5) is 30.5. The standard InChI is InChI=1S/C23H24Cl2N4O4S/c24-16-8-9-18(25)21(13-16)34(32,33)29-20(12-15-14-27-19-7-3-2-6-17(15)19)22(30)28(23(29)31)11-5-1-4-10-26/h2-3,6-9,13-14,20,27H,1,4-5,10-12,26H2. The molecule has 1 aliphatic heterocycles. The average Bonchev–Trinajstić information content (AvgIpc) is 3.32. The maximum atomic E-state index is 13.6. The number of halogens is 2. The molecular formula is C23H24Cl2N4O4S. The van der Waals surface area contributed by atoms with Crippen LogP contribution in [-0.4, -0.2) is 53.7 Å². The number of aromatic nitrogens is 1. The van der Waals surface area contributed by atoms with Gasteiger partial charge in [0.05, 0.1) is 5.02 Å². The number of sulfonamides is 1. The lowest BCUT2D eigenvalue weighted by atomic mass is 10.0. The van der Waals surface area contributed by atoms with Crippen molar-refractivity contribution < 1.29 is 18.0 Å². The molecule has 3 amide bonds. The molecule has 180 valence electrons. The summed E-state index contributed by atoms with van der Waals surface area (Å²) in [5, 5.41) is 0.909. The normalized spacial score (nSPS) is 16.7. The number of carbonyl (C=O) groups excluding carboxylic acids is 2. The van der Waals surface area contributed by atoms with E-state index in [9.17, 15) is 18.0 Å². The number of aromatic amines is 1. The third kappa shape index (κ3) is 4.53. The summed E-state index contributed by atoms with van der Waals surface area (Å²) >= 11 is 12.2. The molecule has 3 N–H and O–H groups in total. The van der Waals surface area contributed by atoms with E-state index in [-0.39, 0.29) is 27.9 Å². The van der Waals surface area contributed by atoms with E-state index >= 15 is 0 Å². The SMILES string of the molecule is NCCCCCN1C(=O)C(Cc2c[nH]c3ccccc23)N(S(=O)(=O)c2cc(Cl)ccc2Cl)C1=O. The Balaban J connectivity index is 1.74. The van der Waals surface area contributed by atoms with Gasteiger partial charge in [0, 0.05) is 35.1 Å². The van der Waals surface area contributed by atoms with Crippen molar-refractivity contribution in [2.45, 2.75) is 36.6 Å². The Hall–Kier alpha value is -2.59. The fourth-order valence-electron chi connectivity index (χ4n) is 4.15. The van der Waals surface area contributed by atoms with Crippen molar-refractivity contribution in [1.82, 2.24) is 14.2 Å². The number of hydrogen-bond acceptors (Lipinski definition) is 5. The Bertz CT molecular complexity index is 1340. The average molecular weight is 523 g/mol. The minimum absolute atomic E-state index is 0.0191. The number of rotatable bonds is 9. The van der Waals surface area contributed by atoms with E-state index in [1.165, 1.54) is 18.2 Å². The van der Waals surface area contributed by atoms with E-state index in [4.69, 9.17) is 28.9 Å². The van der Waals surface area contributed by atoms with Gasteiger partial charge in [-0.15, -0.1) is 0 Å². The largest absolute Gasteiger partial charge is 0.361 e. The maximum absolute atomic E-state index is 13.6. The minimum atomic E-state index is -4.47. The summed E-state index contributed by atoms with van der Waals surface area (Å²) in [5.74, 6) is -0.565. The lowest BCUT2D eigenvalue weighted by Crippen LogP contribution is -2.41. The number of hydrogen-bond donors (Lipinski definition) is 2. The van der Waals surface area contributed by atoms with E-state index in [0.717, 1.165) is 27.8 Å². The number of fused-ring (bicyclic) bond motifs is 1. The molecule has 2 heterocycles. The van der Waals surface area contributed by atoms with Gasteiger partial charge < -0.3 is 10.7 Å². The van der Waals surface area contributed by atoms with Crippen LogP contribution < -0.4 is 5.73 Å². The van der Waals surface area contributed by atoms with Crippen LogP contribution in [0, 0.1) is 0 Å². The fourth-order valence-corrected chi connectivity index (χ4v) is 6.41. The first kappa shape index (κ1) is 24.5. The molecule has 1 saturated heterocycles. The van der Waals surface area contributed by atoms with Crippen LogP contribution in [0.4, 0.5) is 4.79 Å². The maximum Gasteiger partial charge on any atom is 0.341 e. The summed E-state index contributed by atoms with van der Waals surface area (Å²) in [6, 6.07) is 9.32. The van der Waals surface area contributed by atoms with Crippen LogP contribution in [0.2, 0.25) is 10.0 Å². The van der Waals surface area contributed by atoms with Gasteiger partial charge in [-0.25, -0.2) is 17.5 Å². The van der Waals surface area contributed by atoms with Gasteiger partial charge in [0.1, 0.15) is 10.9 Å². The molecule has 34 heavy (non-hydrogen) atoms. The van der Waals surface area contributed by atoms with Crippen LogP contribution in [0.1, 0.15) is 24.8 Å². The highest BCUT2D eigenvalue weighted by molar-refractivity contribution is 7.89. The topological polar surface area (TPSA) is 117 Å². The molecule has 2 aromatic carbocycles. The first-order valence-electron chi connectivity index (χ1n) is 10.9. The minimum Gasteiger partial charge on any atom is -0.361 e. The number of H-pyrrole nitrogens is 1. The van der Waals surface area contributed by atoms with Gasteiger partial charge in [-0.3, -0.25) is 9.69 Å². The number of carbonyl (C=O) groups is 2. The number of nitrogens with one attached hydrogen (secondary N) is 1. The number of amides is 3. The molecule has 1 aliphatic rings. The molecule has 3 aromatic rings. The van der Waals surface area contributed by atoms with Crippen LogP contribution in [0.15, 0.2) is 53.6 Å². The Labute approximate surface area is 207 Å². The van der Waals surface area contributed by atoms with E-state index in [0.29, 0.717) is 23.7 Å². The molecule has 1 atom stereocenters. The Morgan fingerprint density at radius 3 is 2.56 bits per heavy atom. The molecule has 8 nitrogen and oxygen atoms in total. The van der Waals surface area contributed by atoms with Crippen LogP contribution in [0.3, 0.4) is 0 Å². The second-order valence-electron chi connectivity index (χ2n) is 8.08. The first-order valence-corrected chi connectivity index (χ1v) is 13.0. The number of unbranched alkanes of at least 4 members (excludes halogenated alkanes) is 2. The highest BCUT2D eigenvalue weighted by Crippen LogP contribution is 2.34. The summed E-state index contributed by atoms with van der Waals surface area (Å²) in [7, 11) is -4.47. The first-order chi connectivity index (χ1) is 16.3. The zero-order chi connectivity index (χ0) is 24.5. The number of nitrogens with two attached hydrogens (primary N) is 1. The lowest BCUT2D eigenvalue weighted by molar-refractivity contribution is -0.127. The Morgan fingerprint density at radius 2 is 1.79 bits per heavy atom. The summed E-state index contributed by atoms with van der Waals surface area (Å²) in [6.07, 6.45) is 3.73. The Kier molecular flexibility index (Phi) is 7.18. The summed E-state index contributed by atoms with van der Waals surface area (Å²) in [5.41, 5.74) is 7.10. The number of imide groups is 1. The van der Waals surface area contributed by atoms with E-state index in [1.807, 2.05) is 24.3 Å². The van der Waals surface area contributed by atoms with E-state index < -0.39 is 28.0 Å². The number of benzene rings is 2. The van der Waals surface area contributed by atoms with Gasteiger partial charge in [0.15, 0.2) is 0 Å². The molecule has 1 unspecified atom stereocenters. The molecule has 0 spiro atoms. The highest BCUT2D eigenvalue weighted by Gasteiger charge is 2.51. The molecule has 0 aliphatic carbocycles. The molecule has 0 radical (unpaired) electrons. The van der Waals surface area contributed by atoms with Crippen molar-refractivity contribution in [2.75, 3.05) is 13.1 Å². The van der Waals surface area contributed by atoms with Crippen molar-refractivity contribution >= 4 is 56.1 Å². The van der Waals surface area contributed by atoms with Crippen molar-refractivity contribution in [2.24, 2.45) is 5.73 Å². The van der Waals surface area contributed by atoms with Crippen molar-refractivity contribution in [3.05, 3.63) is 64.3 Å². The second kappa shape index (κ2) is 9.95. The molecule has 4 rings (SSSR count). The third-order valence-electron chi connectivity index (χ3n) is 5.86. The van der Waals surface area contributed by atoms with Gasteiger partial charge in [0.2, 0.25) is 0 Å². The van der Waals surface area contributed by atoms with Crippen molar-refractivity contribution in [3.8, 4) is 0 Å². The van der Waals surface area contributed by atoms with Gasteiger partial charge in [-0.1, -0.05) is 47.8 Å². The predicted octanol–water partition coefficient (Wildman–Crippen LogP) is 4.17. The molecular weight excluding hydrogens is 499 g/mol. The van der Waals surface area contributed by atoms with Crippen LogP contribution in [0.5, 0.6) is 0 Å². The summed E-state index contributed by atoms with van der Waals surface area (Å²) in [6.45, 7) is 0.607. The second-order valence-corrected chi connectivity index (χ2v) is 10.7. The lowest BCUT2D eigenvalue weighted by Gasteiger charge is -2.22. The van der Waals surface area contributed by atoms with Crippen molar-refractivity contribution in [1.29, 1.82) is 0 Å². The van der Waals surface area contributed by atoms with Crippen LogP contribution in [0.25, 0.3) is 10.9 Å². The molecule has 0 saturated carbocycles. The monoisotopic (exact) mass is 522 g/mol. The molecule has 1 aromatic heterocycles. The smallest absolute Gasteiger partial charge is 0.341 e. The van der Waals surface area contributed by atoms with Gasteiger partial charge >= 0.3 is 6.03 Å². The third-order valence-corrected chi connectivity index (χ3v) is 8.36. The van der Waals surface area contributed by atoms with Crippen LogP contribution in [-0.2, 0) is 21.2 Å². The fraction of sp³-hybridized carbons (Fsp3) is 0.304. The predicted molar refractivity (Wildman–Crippen MR) is 131 cm³/mol. The van der Waals surface area contributed by atoms with E-state index in [1.54, 1.807) is 6.20 Å². The van der Waals surface area contributed by atoms with Gasteiger partial charge in [-0.05, 0) is 49.2 Å². The Morgan fingerprint density at radius 1 is 1.03 bits per heavy atom.